The lowest BCUT2D eigenvalue weighted by atomic mass is 10.00. The van der Waals surface area contributed by atoms with Crippen LogP contribution >= 0.6 is 15.9 Å². The number of nitrogens with zero attached hydrogens (tertiary/aromatic N) is 1. The Morgan fingerprint density at radius 2 is 2.44 bits per heavy atom. The fourth-order valence-electron chi connectivity index (χ4n) is 1.83. The summed E-state index contributed by atoms with van der Waals surface area (Å²) in [4.78, 5) is 0. The van der Waals surface area contributed by atoms with Gasteiger partial charge in [0.15, 0.2) is 0 Å². The topological polar surface area (TPSA) is 45.0 Å². The van der Waals surface area contributed by atoms with E-state index in [1.165, 1.54) is 0 Å². The first-order valence-electron chi connectivity index (χ1n) is 5.29. The average Bonchev–Trinajstić information content (AvgIpc) is 2.79. The molecule has 84 valence electrons. The fourth-order valence-corrected chi connectivity index (χ4v) is 2.23. The Morgan fingerprint density at radius 1 is 1.56 bits per heavy atom. The number of hydrogen-bond acceptors (Lipinski definition) is 3. The minimum Gasteiger partial charge on any atom is -0.381 e. The summed E-state index contributed by atoms with van der Waals surface area (Å²) in [6, 6.07) is 9.99. The minimum atomic E-state index is -0.170. The molecular formula is C12H13BrN2O. The number of nitriles is 1. The molecule has 0 saturated carbocycles. The van der Waals surface area contributed by atoms with E-state index in [9.17, 15) is 0 Å². The monoisotopic (exact) mass is 280 g/mol. The van der Waals surface area contributed by atoms with Crippen molar-refractivity contribution in [3.63, 3.8) is 0 Å². The molecule has 1 aromatic rings. The third-order valence-corrected chi connectivity index (χ3v) is 3.22. The smallest absolute Gasteiger partial charge is 0.119 e. The first kappa shape index (κ1) is 11.4. The average molecular weight is 281 g/mol. The van der Waals surface area contributed by atoms with Gasteiger partial charge in [-0.05, 0) is 24.6 Å². The molecule has 4 heteroatoms. The molecule has 0 spiro atoms. The van der Waals surface area contributed by atoms with Crippen LogP contribution in [0.4, 0.5) is 5.69 Å². The second-order valence-electron chi connectivity index (χ2n) is 3.89. The molecule has 0 aromatic heterocycles. The van der Waals surface area contributed by atoms with Gasteiger partial charge in [0.05, 0.1) is 12.7 Å². The van der Waals surface area contributed by atoms with Crippen molar-refractivity contribution in [1.29, 1.82) is 5.26 Å². The maximum atomic E-state index is 9.14. The zero-order valence-electron chi connectivity index (χ0n) is 8.82. The Labute approximate surface area is 104 Å². The fraction of sp³-hybridized carbons (Fsp3) is 0.417. The molecule has 2 unspecified atom stereocenters. The molecule has 1 saturated heterocycles. The molecule has 2 rings (SSSR count). The van der Waals surface area contributed by atoms with Gasteiger partial charge in [0.25, 0.3) is 0 Å². The number of anilines is 1. The van der Waals surface area contributed by atoms with Gasteiger partial charge in [-0.1, -0.05) is 22.0 Å². The minimum absolute atomic E-state index is 0.170. The van der Waals surface area contributed by atoms with Crippen molar-refractivity contribution in [3.05, 3.63) is 28.7 Å². The van der Waals surface area contributed by atoms with Gasteiger partial charge in [0.1, 0.15) is 6.04 Å². The van der Waals surface area contributed by atoms with Crippen molar-refractivity contribution in [1.82, 2.24) is 0 Å². The summed E-state index contributed by atoms with van der Waals surface area (Å²) in [6.07, 6.45) is 0.958. The SMILES string of the molecule is N#CC(Nc1cccc(Br)c1)C1CCOC1. The van der Waals surface area contributed by atoms with Crippen LogP contribution in [0.3, 0.4) is 0 Å². The molecule has 0 radical (unpaired) electrons. The first-order chi connectivity index (χ1) is 7.79. The Hall–Kier alpha value is -1.05. The van der Waals surface area contributed by atoms with Crippen molar-refractivity contribution in [3.8, 4) is 6.07 Å². The van der Waals surface area contributed by atoms with Crippen molar-refractivity contribution < 1.29 is 4.74 Å². The normalized spacial score (nSPS) is 21.4. The summed E-state index contributed by atoms with van der Waals surface area (Å²) >= 11 is 3.41. The summed E-state index contributed by atoms with van der Waals surface area (Å²) in [5.41, 5.74) is 0.966. The molecule has 1 aliphatic heterocycles. The van der Waals surface area contributed by atoms with E-state index >= 15 is 0 Å². The van der Waals surface area contributed by atoms with Crippen molar-refractivity contribution in [2.24, 2.45) is 5.92 Å². The van der Waals surface area contributed by atoms with Gasteiger partial charge in [-0.2, -0.15) is 5.26 Å². The van der Waals surface area contributed by atoms with E-state index < -0.39 is 0 Å². The summed E-state index contributed by atoms with van der Waals surface area (Å²) < 4.78 is 6.31. The van der Waals surface area contributed by atoms with Gasteiger partial charge in [-0.15, -0.1) is 0 Å². The molecule has 3 nitrogen and oxygen atoms in total. The highest BCUT2D eigenvalue weighted by Gasteiger charge is 2.25. The number of rotatable bonds is 3. The maximum absolute atomic E-state index is 9.14. The third-order valence-electron chi connectivity index (χ3n) is 2.72. The molecule has 2 atom stereocenters. The van der Waals surface area contributed by atoms with Crippen molar-refractivity contribution in [2.45, 2.75) is 12.5 Å². The van der Waals surface area contributed by atoms with E-state index in [-0.39, 0.29) is 6.04 Å². The van der Waals surface area contributed by atoms with Crippen LogP contribution in [-0.2, 0) is 4.74 Å². The van der Waals surface area contributed by atoms with E-state index in [2.05, 4.69) is 27.3 Å². The number of hydrogen-bond donors (Lipinski definition) is 1. The van der Waals surface area contributed by atoms with Crippen LogP contribution < -0.4 is 5.32 Å². The zero-order valence-corrected chi connectivity index (χ0v) is 10.4. The van der Waals surface area contributed by atoms with Crippen molar-refractivity contribution >= 4 is 21.6 Å². The van der Waals surface area contributed by atoms with Crippen LogP contribution in [-0.4, -0.2) is 19.3 Å². The van der Waals surface area contributed by atoms with E-state index in [0.717, 1.165) is 23.2 Å². The Bertz CT molecular complexity index is 396. The van der Waals surface area contributed by atoms with Crippen LogP contribution in [0.1, 0.15) is 6.42 Å². The van der Waals surface area contributed by atoms with E-state index in [4.69, 9.17) is 10.00 Å². The highest BCUT2D eigenvalue weighted by Crippen LogP contribution is 2.22. The summed E-state index contributed by atoms with van der Waals surface area (Å²) in [5, 5.41) is 12.4. The summed E-state index contributed by atoms with van der Waals surface area (Å²) in [6.45, 7) is 1.45. The van der Waals surface area contributed by atoms with Crippen LogP contribution in [0.15, 0.2) is 28.7 Å². The molecule has 0 aliphatic carbocycles. The maximum Gasteiger partial charge on any atom is 0.119 e. The van der Waals surface area contributed by atoms with Crippen molar-refractivity contribution in [2.75, 3.05) is 18.5 Å². The third kappa shape index (κ3) is 2.75. The number of nitrogens with one attached hydrogen (secondary N) is 1. The quantitative estimate of drug-likeness (QED) is 0.926. The number of ether oxygens (including phenoxy) is 1. The van der Waals surface area contributed by atoms with E-state index in [1.54, 1.807) is 0 Å². The lowest BCUT2D eigenvalue weighted by molar-refractivity contribution is 0.185. The van der Waals surface area contributed by atoms with Crippen LogP contribution in [0.2, 0.25) is 0 Å². The van der Waals surface area contributed by atoms with E-state index in [1.807, 2.05) is 24.3 Å². The standard InChI is InChI=1S/C12H13BrN2O/c13-10-2-1-3-11(6-10)15-12(7-14)9-4-5-16-8-9/h1-3,6,9,12,15H,4-5,8H2. The highest BCUT2D eigenvalue weighted by atomic mass is 79.9. The zero-order chi connectivity index (χ0) is 11.4. The van der Waals surface area contributed by atoms with Crippen LogP contribution in [0.5, 0.6) is 0 Å². The predicted octanol–water partition coefficient (Wildman–Crippen LogP) is 2.79. The van der Waals surface area contributed by atoms with Crippen LogP contribution in [0.25, 0.3) is 0 Å². The number of halogens is 1. The lowest BCUT2D eigenvalue weighted by Crippen LogP contribution is -2.27. The van der Waals surface area contributed by atoms with Gasteiger partial charge in [-0.25, -0.2) is 0 Å². The molecule has 1 aromatic carbocycles. The van der Waals surface area contributed by atoms with E-state index in [0.29, 0.717) is 12.5 Å². The molecule has 1 heterocycles. The molecule has 1 fully saturated rings. The van der Waals surface area contributed by atoms with Gasteiger partial charge in [0, 0.05) is 22.7 Å². The first-order valence-corrected chi connectivity index (χ1v) is 6.08. The Morgan fingerprint density at radius 3 is 3.06 bits per heavy atom. The van der Waals surface area contributed by atoms with Gasteiger partial charge < -0.3 is 10.1 Å². The van der Waals surface area contributed by atoms with Gasteiger partial charge >= 0.3 is 0 Å². The molecule has 16 heavy (non-hydrogen) atoms. The van der Waals surface area contributed by atoms with Gasteiger partial charge in [0.2, 0.25) is 0 Å². The Kier molecular flexibility index (Phi) is 3.81. The molecule has 1 aliphatic rings. The Balaban J connectivity index is 2.04. The lowest BCUT2D eigenvalue weighted by Gasteiger charge is -2.17. The molecule has 0 amide bonds. The largest absolute Gasteiger partial charge is 0.381 e. The highest BCUT2D eigenvalue weighted by molar-refractivity contribution is 9.10. The summed E-state index contributed by atoms with van der Waals surface area (Å²) in [5.74, 6) is 0.295. The second-order valence-corrected chi connectivity index (χ2v) is 4.80. The molecule has 1 N–H and O–H groups in total. The second kappa shape index (κ2) is 5.33. The van der Waals surface area contributed by atoms with Gasteiger partial charge in [-0.3, -0.25) is 0 Å². The molecule has 0 bridgehead atoms. The predicted molar refractivity (Wildman–Crippen MR) is 66.1 cm³/mol. The number of benzene rings is 1. The molecular weight excluding hydrogens is 268 g/mol. The van der Waals surface area contributed by atoms with Crippen LogP contribution in [0, 0.1) is 17.2 Å². The summed E-state index contributed by atoms with van der Waals surface area (Å²) in [7, 11) is 0.